The number of halogens is 3. The molecule has 3 aromatic rings. The van der Waals surface area contributed by atoms with Crippen LogP contribution in [0.15, 0.2) is 60.0 Å². The van der Waals surface area contributed by atoms with E-state index in [0.29, 0.717) is 29.7 Å². The predicted octanol–water partition coefficient (Wildman–Crippen LogP) is 5.14. The van der Waals surface area contributed by atoms with E-state index in [1.54, 1.807) is 30.6 Å². The lowest BCUT2D eigenvalue weighted by Crippen LogP contribution is -2.17. The fourth-order valence-electron chi connectivity index (χ4n) is 4.72. The fourth-order valence-corrected chi connectivity index (χ4v) is 6.45. The molecule has 3 aliphatic rings. The van der Waals surface area contributed by atoms with Crippen LogP contribution in [0.5, 0.6) is 0 Å². The van der Waals surface area contributed by atoms with Crippen LogP contribution in [0.25, 0.3) is 22.5 Å². The van der Waals surface area contributed by atoms with Crippen LogP contribution in [0, 0.1) is 13.8 Å². The second-order valence-electron chi connectivity index (χ2n) is 9.72. The molecule has 15 heteroatoms. The van der Waals surface area contributed by atoms with Crippen molar-refractivity contribution in [3.63, 3.8) is 0 Å². The molecule has 2 aromatic heterocycles. The number of sulfonamides is 1. The number of rotatable bonds is 6. The highest BCUT2D eigenvalue weighted by Crippen LogP contribution is 2.39. The Morgan fingerprint density at radius 3 is 2.67 bits per heavy atom. The van der Waals surface area contributed by atoms with E-state index >= 15 is 0 Å². The van der Waals surface area contributed by atoms with E-state index < -0.39 is 27.5 Å². The molecule has 0 unspecified atom stereocenters. The summed E-state index contributed by atoms with van der Waals surface area (Å²) in [5, 5.41) is 3.97. The van der Waals surface area contributed by atoms with Crippen LogP contribution in [-0.4, -0.2) is 39.5 Å². The van der Waals surface area contributed by atoms with Gasteiger partial charge in [0.05, 0.1) is 11.3 Å². The highest BCUT2D eigenvalue weighted by Gasteiger charge is 2.31. The molecule has 3 aliphatic heterocycles. The van der Waals surface area contributed by atoms with Gasteiger partial charge in [0, 0.05) is 53.4 Å². The van der Waals surface area contributed by atoms with Gasteiger partial charge in [-0.3, -0.25) is 9.71 Å². The highest BCUT2D eigenvalue weighted by atomic mass is 32.2. The maximum Gasteiger partial charge on any atom is 0.416 e. The van der Waals surface area contributed by atoms with E-state index in [4.69, 9.17) is 0 Å². The van der Waals surface area contributed by atoms with Gasteiger partial charge in [-0.25, -0.2) is 18.4 Å². The van der Waals surface area contributed by atoms with Crippen LogP contribution < -0.4 is 15.7 Å². The zero-order valence-electron chi connectivity index (χ0n) is 22.3. The quantitative estimate of drug-likeness (QED) is 0.272. The van der Waals surface area contributed by atoms with Crippen molar-refractivity contribution in [2.45, 2.75) is 32.3 Å². The third-order valence-corrected chi connectivity index (χ3v) is 8.61. The Balaban J connectivity index is 1.34. The molecule has 0 radical (unpaired) electrons. The van der Waals surface area contributed by atoms with E-state index in [-0.39, 0.29) is 11.4 Å². The Morgan fingerprint density at radius 2 is 1.90 bits per heavy atom. The van der Waals surface area contributed by atoms with Crippen LogP contribution in [0.3, 0.4) is 0 Å². The summed E-state index contributed by atoms with van der Waals surface area (Å²) in [7, 11) is -4.07. The summed E-state index contributed by atoms with van der Waals surface area (Å²) in [5.74, 6) is 0.797. The topological polar surface area (TPSA) is 127 Å². The fraction of sp³-hybridized carbons (Fsp3) is 0.222. The predicted molar refractivity (Wildman–Crippen MR) is 153 cm³/mol. The van der Waals surface area contributed by atoms with Gasteiger partial charge in [0.1, 0.15) is 17.4 Å². The number of nitrogens with one attached hydrogen (secondary N) is 2. The molecule has 0 saturated carbocycles. The number of hydrogen-bond acceptors (Lipinski definition) is 9. The Labute approximate surface area is 242 Å². The van der Waals surface area contributed by atoms with E-state index in [1.807, 2.05) is 24.5 Å². The average Bonchev–Trinajstić information content (AvgIpc) is 3.58. The van der Waals surface area contributed by atoms with E-state index in [2.05, 4.69) is 35.0 Å². The number of nitrogens with zero attached hydrogens (tertiary/aromatic N) is 6. The molecule has 0 aliphatic carbocycles. The Morgan fingerprint density at radius 1 is 1.07 bits per heavy atom. The molecule has 5 heterocycles. The summed E-state index contributed by atoms with van der Waals surface area (Å²) in [6.45, 7) is 5.18. The van der Waals surface area contributed by atoms with Crippen molar-refractivity contribution >= 4 is 38.0 Å². The zero-order chi connectivity index (χ0) is 29.6. The lowest BCUT2D eigenvalue weighted by Gasteiger charge is -2.19. The van der Waals surface area contributed by atoms with E-state index in [9.17, 15) is 21.6 Å². The van der Waals surface area contributed by atoms with Crippen LogP contribution in [-0.2, 0) is 28.5 Å². The van der Waals surface area contributed by atoms with Gasteiger partial charge in [-0.05, 0) is 55.3 Å². The smallest absolute Gasteiger partial charge is 0.369 e. The minimum absolute atomic E-state index is 0.214. The molecule has 10 nitrogen and oxygen atoms in total. The van der Waals surface area contributed by atoms with Crippen LogP contribution in [0.2, 0.25) is 0 Å². The Bertz CT molecular complexity index is 1970. The summed E-state index contributed by atoms with van der Waals surface area (Å²) >= 11 is 1.45. The van der Waals surface area contributed by atoms with Gasteiger partial charge in [-0.1, -0.05) is 6.07 Å². The van der Waals surface area contributed by atoms with Crippen molar-refractivity contribution in [1.29, 1.82) is 0 Å². The van der Waals surface area contributed by atoms with Crippen molar-refractivity contribution < 1.29 is 21.6 Å². The van der Waals surface area contributed by atoms with E-state index in [1.165, 1.54) is 11.3 Å². The highest BCUT2D eigenvalue weighted by molar-refractivity contribution is 7.91. The van der Waals surface area contributed by atoms with Crippen molar-refractivity contribution in [3.8, 4) is 22.5 Å². The van der Waals surface area contributed by atoms with Gasteiger partial charge >= 0.3 is 6.18 Å². The standard InChI is InChI=1S/C27H23F3N8O2S2/c1-15-3-4-19(37-42(39,40)14-20-10-18(5-6-31-20)27(28,29)30)11-21(15)22-9-17-13-33-25(36-26-34-12-16(2)41-26)35-23(17)38-8-7-32-24(22)38/h3-6,9-13,32,37H,7-8,14H2,1-2H3/b36-25+. The molecule has 2 N–H and O–H groups in total. The second kappa shape index (κ2) is 10.5. The van der Waals surface area contributed by atoms with Crippen LogP contribution >= 0.6 is 11.3 Å². The molecule has 6 rings (SSSR count). The molecule has 42 heavy (non-hydrogen) atoms. The van der Waals surface area contributed by atoms with Crippen LogP contribution in [0.4, 0.5) is 29.8 Å². The third kappa shape index (κ3) is 5.69. The van der Waals surface area contributed by atoms with Crippen molar-refractivity contribution in [3.05, 3.63) is 82.3 Å². The molecule has 0 amide bonds. The lowest BCUT2D eigenvalue weighted by atomic mass is 9.98. The minimum atomic E-state index is -4.60. The largest absolute Gasteiger partial charge is 0.416 e. The maximum absolute atomic E-state index is 13.1. The monoisotopic (exact) mass is 612 g/mol. The normalized spacial score (nSPS) is 13.8. The number of aryl methyl sites for hydroxylation is 2. The summed E-state index contributed by atoms with van der Waals surface area (Å²) in [5.41, 5.74) is 2.64. The number of pyridine rings is 2. The molecule has 0 bridgehead atoms. The van der Waals surface area contributed by atoms with Gasteiger partial charge in [0.2, 0.25) is 15.2 Å². The minimum Gasteiger partial charge on any atom is -0.369 e. The van der Waals surface area contributed by atoms with Crippen molar-refractivity contribution in [1.82, 2.24) is 24.5 Å². The van der Waals surface area contributed by atoms with Gasteiger partial charge in [-0.2, -0.15) is 23.1 Å². The first-order chi connectivity index (χ1) is 19.9. The first kappa shape index (κ1) is 27.8. The van der Waals surface area contributed by atoms with Gasteiger partial charge in [0.15, 0.2) is 0 Å². The summed E-state index contributed by atoms with van der Waals surface area (Å²) in [4.78, 5) is 22.6. The van der Waals surface area contributed by atoms with Gasteiger partial charge in [0.25, 0.3) is 5.62 Å². The third-order valence-electron chi connectivity index (χ3n) is 6.58. The number of anilines is 2. The van der Waals surface area contributed by atoms with Gasteiger partial charge in [-0.15, -0.1) is 11.3 Å². The Hall–Kier alpha value is -4.37. The van der Waals surface area contributed by atoms with E-state index in [0.717, 1.165) is 51.3 Å². The molecule has 0 spiro atoms. The molecule has 0 saturated heterocycles. The number of hydrogen-bond donors (Lipinski definition) is 2. The molecular formula is C27H23F3N8O2S2. The first-order valence-corrected chi connectivity index (χ1v) is 15.2. The SMILES string of the molecule is Cc1cnc(/N=c2\ncc3cc(-c4cc(NS(=O)(=O)Cc5cc(C(F)(F)F)ccn5)ccc4C)c4n(c-3n2)CCN4)s1. The summed E-state index contributed by atoms with van der Waals surface area (Å²) < 4.78 is 69.6. The molecule has 216 valence electrons. The van der Waals surface area contributed by atoms with Crippen LogP contribution in [0.1, 0.15) is 21.7 Å². The maximum atomic E-state index is 13.1. The van der Waals surface area contributed by atoms with Gasteiger partial charge < -0.3 is 9.88 Å². The van der Waals surface area contributed by atoms with Crippen molar-refractivity contribution in [2.24, 2.45) is 4.99 Å². The number of fused-ring (bicyclic) bond motifs is 3. The molecule has 0 fully saturated rings. The second-order valence-corrected chi connectivity index (χ2v) is 12.7. The lowest BCUT2D eigenvalue weighted by molar-refractivity contribution is -0.137. The van der Waals surface area contributed by atoms with Crippen molar-refractivity contribution in [2.75, 3.05) is 16.6 Å². The number of thiazole rings is 1. The molecule has 1 aromatic carbocycles. The zero-order valence-corrected chi connectivity index (χ0v) is 23.9. The number of benzene rings is 1. The average molecular weight is 613 g/mol. The first-order valence-electron chi connectivity index (χ1n) is 12.7. The molecule has 0 atom stereocenters. The summed E-state index contributed by atoms with van der Waals surface area (Å²) in [6.07, 6.45) is -0.218. The number of aromatic nitrogens is 5. The summed E-state index contributed by atoms with van der Waals surface area (Å²) in [6, 6.07) is 8.55. The molecular weight excluding hydrogens is 589 g/mol. The number of alkyl halides is 3. The Kier molecular flexibility index (Phi) is 6.93.